The van der Waals surface area contributed by atoms with E-state index in [1.54, 1.807) is 0 Å². The summed E-state index contributed by atoms with van der Waals surface area (Å²) < 4.78 is 340. The van der Waals surface area contributed by atoms with Crippen LogP contribution in [0.25, 0.3) is 22.0 Å². The van der Waals surface area contributed by atoms with E-state index in [4.69, 9.17) is 31.5 Å². The third kappa shape index (κ3) is 9.00. The van der Waals surface area contributed by atoms with E-state index in [0.29, 0.717) is 7.11 Å². The average molecular weight is 780 g/mol. The number of rotatable bonds is 12. The summed E-state index contributed by atoms with van der Waals surface area (Å²) in [5.41, 5.74) is -11.0. The molecule has 0 atom stereocenters. The van der Waals surface area contributed by atoms with E-state index in [0.717, 1.165) is 6.92 Å². The molecule has 5 aromatic rings. The van der Waals surface area contributed by atoms with Crippen molar-refractivity contribution in [3.63, 3.8) is 0 Å². The maximum absolute atomic E-state index is 16.0. The Labute approximate surface area is 351 Å². The molecule has 0 aliphatic carbocycles. The number of piperidine rings is 1. The zero-order chi connectivity index (χ0) is 64.2. The summed E-state index contributed by atoms with van der Waals surface area (Å²) in [6.07, 6.45) is -15.4. The highest BCUT2D eigenvalue weighted by molar-refractivity contribution is 7.98. The predicted octanol–water partition coefficient (Wildman–Crippen LogP) is 8.71. The fraction of sp³-hybridized carbons (Fsp3) is 0.317. The van der Waals surface area contributed by atoms with Gasteiger partial charge in [-0.05, 0) is 72.1 Å². The number of alkyl halides is 3. The number of ether oxygens (including phenoxy) is 1. The normalized spacial score (nSPS) is 27.5. The molecule has 0 unspecified atom stereocenters. The lowest BCUT2D eigenvalue weighted by atomic mass is 9.97. The van der Waals surface area contributed by atoms with Crippen LogP contribution >= 0.6 is 11.8 Å². The van der Waals surface area contributed by atoms with Crippen LogP contribution in [0.3, 0.4) is 0 Å². The van der Waals surface area contributed by atoms with E-state index in [9.17, 15) is 32.0 Å². The number of methoxy groups -OCH3 is 1. The molecule has 0 radical (unpaired) electrons. The van der Waals surface area contributed by atoms with Crippen LogP contribution in [0.5, 0.6) is 0 Å². The van der Waals surface area contributed by atoms with Gasteiger partial charge in [0.1, 0.15) is 6.50 Å². The number of halogens is 5. The Kier molecular flexibility index (Phi) is 4.93. The topological polar surface area (TPSA) is 54.8 Å². The Balaban J connectivity index is 1.81. The molecule has 1 fully saturated rings. The molecule has 278 valence electrons. The van der Waals surface area contributed by atoms with E-state index in [-0.39, 0.29) is 16.3 Å². The molecule has 1 aliphatic rings. The van der Waals surface area contributed by atoms with Gasteiger partial charge in [0.2, 0.25) is 5.91 Å². The first kappa shape index (κ1) is 15.7. The van der Waals surface area contributed by atoms with Gasteiger partial charge in [-0.2, -0.15) is 13.2 Å². The summed E-state index contributed by atoms with van der Waals surface area (Å²) in [4.78, 5) is 28.3. The Morgan fingerprint density at radius 2 is 1.72 bits per heavy atom. The van der Waals surface area contributed by atoms with E-state index in [2.05, 4.69) is 4.74 Å². The zero-order valence-corrected chi connectivity index (χ0v) is 27.6. The van der Waals surface area contributed by atoms with E-state index >= 15 is 9.18 Å². The predicted molar refractivity (Wildman–Crippen MR) is 198 cm³/mol. The second kappa shape index (κ2) is 16.7. The molecule has 4 aromatic carbocycles. The number of hydrogen-bond acceptors (Lipinski definition) is 5. The first-order valence-electron chi connectivity index (χ1n) is 29.5. The molecule has 2 heterocycles. The largest absolute Gasteiger partial charge is 0.416 e. The van der Waals surface area contributed by atoms with Crippen molar-refractivity contribution in [1.29, 1.82) is 0 Å². The van der Waals surface area contributed by atoms with Gasteiger partial charge in [-0.25, -0.2) is 8.78 Å². The monoisotopic (exact) mass is 779 g/mol. The number of benzene rings is 4. The SMILES string of the molecule is [2H]c1c([2H])c(F)c(F)c(CSc2c([2H])c(=O)c3c([2H])c([2H])c([2H])c([2H])c3n2C([2H])([2H])C(=O)N(Cc2c([2H])c([2H])c(-c3c([2H])c([2H])c(C(F)(F)F)c([2H])c3[2H])c([2H])c2C)C2([2H])C([2H])([2H])C([2H])([2H])N(C([2H])([2H])C([2H])([2H])OC)C([2H])([2H])C2([2H])[2H])c1[2H]. The molecule has 1 amide bonds. The number of para-hydroxylation sites is 1. The van der Waals surface area contributed by atoms with Crippen molar-refractivity contribution < 1.29 is 72.6 Å². The molecule has 1 aliphatic heterocycles. The summed E-state index contributed by atoms with van der Waals surface area (Å²) in [5, 5.41) is -2.78. The number of carbonyl (C=O) groups excluding carboxylic acids is 1. The third-order valence-corrected chi connectivity index (χ3v) is 7.86. The van der Waals surface area contributed by atoms with Crippen molar-refractivity contribution in [2.45, 2.75) is 55.7 Å². The minimum Gasteiger partial charge on any atom is -0.383 e. The maximum atomic E-state index is 16.0. The second-order valence-electron chi connectivity index (χ2n) is 10.3. The van der Waals surface area contributed by atoms with E-state index in [1.165, 1.54) is 0 Å². The minimum atomic E-state index is -5.54. The molecule has 12 heteroatoms. The van der Waals surface area contributed by atoms with Crippen LogP contribution in [0.4, 0.5) is 22.0 Å². The molecule has 0 N–H and O–H groups in total. The number of pyridine rings is 1. The molecule has 0 bridgehead atoms. The molecule has 6 nitrogen and oxygen atoms in total. The highest BCUT2D eigenvalue weighted by Gasteiger charge is 2.31. The molecular weight excluding hydrogens is 710 g/mol. The average Bonchev–Trinajstić information content (AvgIpc) is 0.936. The van der Waals surface area contributed by atoms with Gasteiger partial charge in [0.25, 0.3) is 0 Å². The van der Waals surface area contributed by atoms with Crippen molar-refractivity contribution >= 4 is 28.6 Å². The van der Waals surface area contributed by atoms with Gasteiger partial charge >= 0.3 is 6.18 Å². The lowest BCUT2D eigenvalue weighted by molar-refractivity contribution is -0.137. The molecule has 0 spiro atoms. The highest BCUT2D eigenvalue weighted by atomic mass is 32.2. The van der Waals surface area contributed by atoms with Crippen LogP contribution in [-0.4, -0.2) is 59.5 Å². The first-order valence-corrected chi connectivity index (χ1v) is 15.5. The number of aromatic nitrogens is 1. The fourth-order valence-corrected chi connectivity index (χ4v) is 5.23. The van der Waals surface area contributed by atoms with Crippen molar-refractivity contribution in [3.05, 3.63) is 135 Å². The van der Waals surface area contributed by atoms with Gasteiger partial charge in [-0.3, -0.25) is 9.59 Å². The summed E-state index contributed by atoms with van der Waals surface area (Å²) in [7, 11) is 0.460. The Hall–Kier alpha value is -4.52. The van der Waals surface area contributed by atoms with Gasteiger partial charge in [0, 0.05) is 75.6 Å². The Bertz CT molecular complexity index is 3560. The van der Waals surface area contributed by atoms with Gasteiger partial charge in [-0.1, -0.05) is 54.4 Å². The van der Waals surface area contributed by atoms with Crippen LogP contribution in [0.15, 0.2) is 100 Å². The first-order chi connectivity index (χ1) is 37.3. The van der Waals surface area contributed by atoms with Crippen molar-refractivity contribution in [1.82, 2.24) is 14.4 Å². The third-order valence-electron chi connectivity index (χ3n) is 6.87. The summed E-state index contributed by atoms with van der Waals surface area (Å²) in [6.45, 7) is -23.9. The highest BCUT2D eigenvalue weighted by Crippen LogP contribution is 2.32. The number of thioether (sulfide) groups is 1. The minimum absolute atomic E-state index is 0.221. The van der Waals surface area contributed by atoms with Crippen LogP contribution in [0, 0.1) is 18.6 Å². The Morgan fingerprint density at radius 3 is 2.43 bits per heavy atom. The van der Waals surface area contributed by atoms with Gasteiger partial charge in [0.05, 0.1) is 50.1 Å². The second-order valence-corrected chi connectivity index (χ2v) is 11.2. The molecule has 6 rings (SSSR count). The smallest absolute Gasteiger partial charge is 0.383 e. The molecule has 1 saturated heterocycles. The number of fused-ring (bicyclic) bond motifs is 1. The lowest BCUT2D eigenvalue weighted by Gasteiger charge is -2.39. The fourth-order valence-electron chi connectivity index (χ4n) is 4.32. The lowest BCUT2D eigenvalue weighted by Crippen LogP contribution is -2.48. The summed E-state index contributed by atoms with van der Waals surface area (Å²) in [6, 6.07) is -26.9. The molecular formula is C41H40F5N3O3S. The van der Waals surface area contributed by atoms with Crippen molar-refractivity contribution in [2.24, 2.45) is 0 Å². The Morgan fingerprint density at radius 1 is 1.00 bits per heavy atom. The van der Waals surface area contributed by atoms with Gasteiger partial charge in [0.15, 0.2) is 17.1 Å². The number of amides is 1. The van der Waals surface area contributed by atoms with E-state index in [1.807, 2.05) is 0 Å². The van der Waals surface area contributed by atoms with Crippen molar-refractivity contribution in [2.75, 3.05) is 33.2 Å². The number of hydrogen-bond donors (Lipinski definition) is 0. The molecule has 1 aromatic heterocycles. The standard InChI is InChI=1S/C41H40F5N3O3S/c1-27-22-29(28-12-14-32(15-13-28)41(44,45)46)10-11-30(27)24-48(33-16-18-47(19-17-33)20-21-52-2)38(51)25-49-36-9-4-3-7-34(36)37(50)23-39(49)53-26-31-6-5-8-35(42)40(31)43/h3-15,22-23,33H,16-21,24-26H2,1-2H3/i3D,4D,5D,6D,7D,8D,9D,10D,11D,12D,13D,14D,15D,16D2,17D2,18D2,19D2,20D2,21D2,22D,23D,25D2,33D. The van der Waals surface area contributed by atoms with Crippen LogP contribution in [0.1, 0.15) is 76.1 Å². The van der Waals surface area contributed by atoms with E-state index < -0.39 is 243 Å². The van der Waals surface area contributed by atoms with Gasteiger partial charge in [-0.15, -0.1) is 11.8 Å². The maximum Gasteiger partial charge on any atom is 0.416 e. The van der Waals surface area contributed by atoms with Crippen LogP contribution in [0.2, 0.25) is 0 Å². The zero-order valence-electron chi connectivity index (χ0n) is 56.8. The summed E-state index contributed by atoms with van der Waals surface area (Å²) >= 11 is -0.221. The van der Waals surface area contributed by atoms with Crippen molar-refractivity contribution in [3.8, 4) is 11.1 Å². The van der Waals surface area contributed by atoms with Crippen LogP contribution in [-0.2, 0) is 34.5 Å². The number of likely N-dealkylation sites (tertiary alicyclic amines) is 1. The molecule has 53 heavy (non-hydrogen) atoms. The molecule has 0 saturated carbocycles. The summed E-state index contributed by atoms with van der Waals surface area (Å²) in [5.74, 6) is -8.16. The number of carbonyl (C=O) groups is 1. The quantitative estimate of drug-likeness (QED) is 0.0938. The van der Waals surface area contributed by atoms with Crippen LogP contribution < -0.4 is 5.43 Å². The number of nitrogens with zero attached hydrogens (tertiary/aromatic N) is 3. The van der Waals surface area contributed by atoms with Gasteiger partial charge < -0.3 is 19.1 Å².